The average molecular weight is 331 g/mol. The lowest BCUT2D eigenvalue weighted by Crippen LogP contribution is -2.18. The summed E-state index contributed by atoms with van der Waals surface area (Å²) in [4.78, 5) is 1.36. The molecule has 0 aliphatic rings. The maximum Gasteiger partial charge on any atom is 0.0406 e. The summed E-state index contributed by atoms with van der Waals surface area (Å²) in [7, 11) is 1.99. The predicted molar refractivity (Wildman–Crippen MR) is 79.0 cm³/mol. The van der Waals surface area contributed by atoms with Gasteiger partial charge in [-0.1, -0.05) is 23.7 Å². The normalized spacial score (nSPS) is 12.6. The Morgan fingerprint density at radius 3 is 2.53 bits per heavy atom. The fraction of sp³-hybridized carbons (Fsp3) is 0.231. The van der Waals surface area contributed by atoms with Gasteiger partial charge in [0.1, 0.15) is 0 Å². The second kappa shape index (κ2) is 6.01. The molecule has 1 aromatic heterocycles. The molecule has 1 heterocycles. The van der Waals surface area contributed by atoms with Crippen molar-refractivity contribution in [1.29, 1.82) is 0 Å². The number of halogens is 2. The SMILES string of the molecule is CNC(Cc1sccc1Br)c1ccc(Cl)cc1. The minimum absolute atomic E-state index is 0.321. The highest BCUT2D eigenvalue weighted by Gasteiger charge is 2.12. The summed E-state index contributed by atoms with van der Waals surface area (Å²) < 4.78 is 1.19. The van der Waals surface area contributed by atoms with Gasteiger partial charge in [-0.25, -0.2) is 0 Å². The minimum Gasteiger partial charge on any atom is -0.313 e. The summed E-state index contributed by atoms with van der Waals surface area (Å²) in [5, 5.41) is 6.23. The Morgan fingerprint density at radius 2 is 2.00 bits per heavy atom. The molecule has 90 valence electrons. The van der Waals surface area contributed by atoms with Crippen molar-refractivity contribution in [3.63, 3.8) is 0 Å². The number of thiophene rings is 1. The lowest BCUT2D eigenvalue weighted by atomic mass is 10.0. The van der Waals surface area contributed by atoms with Crippen LogP contribution in [-0.2, 0) is 6.42 Å². The standard InChI is InChI=1S/C13H13BrClNS/c1-16-12(8-13-11(14)6-7-17-13)9-2-4-10(15)5-3-9/h2-7,12,16H,8H2,1H3. The van der Waals surface area contributed by atoms with Crippen molar-refractivity contribution >= 4 is 38.9 Å². The van der Waals surface area contributed by atoms with E-state index < -0.39 is 0 Å². The van der Waals surface area contributed by atoms with Gasteiger partial charge in [-0.15, -0.1) is 11.3 Å². The lowest BCUT2D eigenvalue weighted by molar-refractivity contribution is 0.596. The minimum atomic E-state index is 0.321. The Hall–Kier alpha value is -0.350. The molecule has 1 N–H and O–H groups in total. The molecule has 0 bridgehead atoms. The Bertz CT molecular complexity index is 480. The topological polar surface area (TPSA) is 12.0 Å². The van der Waals surface area contributed by atoms with Gasteiger partial charge in [0.2, 0.25) is 0 Å². The smallest absolute Gasteiger partial charge is 0.0406 e. The van der Waals surface area contributed by atoms with Crippen molar-refractivity contribution < 1.29 is 0 Å². The molecule has 0 fully saturated rings. The molecule has 0 saturated heterocycles. The molecule has 1 aromatic carbocycles. The molecular formula is C13H13BrClNS. The molecule has 0 radical (unpaired) electrons. The summed E-state index contributed by atoms with van der Waals surface area (Å²) in [6.45, 7) is 0. The van der Waals surface area contributed by atoms with Crippen molar-refractivity contribution in [3.05, 3.63) is 55.6 Å². The summed E-state index contributed by atoms with van der Waals surface area (Å²) in [6, 6.07) is 10.4. The van der Waals surface area contributed by atoms with Crippen LogP contribution in [0.3, 0.4) is 0 Å². The number of rotatable bonds is 4. The molecule has 0 aliphatic carbocycles. The first kappa shape index (κ1) is 13.1. The molecule has 0 amide bonds. The monoisotopic (exact) mass is 329 g/mol. The highest BCUT2D eigenvalue weighted by molar-refractivity contribution is 9.10. The summed E-state index contributed by atoms with van der Waals surface area (Å²) >= 11 is 11.2. The summed E-state index contributed by atoms with van der Waals surface area (Å²) in [6.07, 6.45) is 0.983. The second-order valence-electron chi connectivity index (χ2n) is 3.79. The maximum absolute atomic E-state index is 5.90. The van der Waals surface area contributed by atoms with Gasteiger partial charge < -0.3 is 5.32 Å². The molecule has 1 nitrogen and oxygen atoms in total. The Morgan fingerprint density at radius 1 is 1.29 bits per heavy atom. The third-order valence-electron chi connectivity index (χ3n) is 2.70. The van der Waals surface area contributed by atoms with E-state index in [2.05, 4.69) is 44.8 Å². The van der Waals surface area contributed by atoms with Crippen molar-refractivity contribution in [2.24, 2.45) is 0 Å². The van der Waals surface area contributed by atoms with Gasteiger partial charge in [-0.05, 0) is 52.1 Å². The Balaban J connectivity index is 2.17. The molecular weight excluding hydrogens is 318 g/mol. The number of likely N-dealkylation sites (N-methyl/N-ethyl adjacent to an activating group) is 1. The molecule has 2 aromatic rings. The van der Waals surface area contributed by atoms with Gasteiger partial charge in [-0.2, -0.15) is 0 Å². The number of hydrogen-bond acceptors (Lipinski definition) is 2. The second-order valence-corrected chi connectivity index (χ2v) is 6.08. The summed E-state index contributed by atoms with van der Waals surface area (Å²) in [5.41, 5.74) is 1.26. The average Bonchev–Trinajstić information content (AvgIpc) is 2.73. The van der Waals surface area contributed by atoms with Crippen LogP contribution < -0.4 is 5.32 Å². The van der Waals surface area contributed by atoms with Crippen molar-refractivity contribution in [2.75, 3.05) is 7.05 Å². The van der Waals surface area contributed by atoms with Crippen LogP contribution in [0.1, 0.15) is 16.5 Å². The van der Waals surface area contributed by atoms with Gasteiger partial charge in [0, 0.05) is 26.8 Å². The van der Waals surface area contributed by atoms with Gasteiger partial charge in [0.15, 0.2) is 0 Å². The molecule has 0 spiro atoms. The maximum atomic E-state index is 5.90. The molecule has 1 unspecified atom stereocenters. The lowest BCUT2D eigenvalue weighted by Gasteiger charge is -2.16. The first-order valence-electron chi connectivity index (χ1n) is 5.35. The van der Waals surface area contributed by atoms with Crippen LogP contribution in [0, 0.1) is 0 Å². The van der Waals surface area contributed by atoms with E-state index in [9.17, 15) is 0 Å². The van der Waals surface area contributed by atoms with E-state index in [4.69, 9.17) is 11.6 Å². The molecule has 17 heavy (non-hydrogen) atoms. The summed E-state index contributed by atoms with van der Waals surface area (Å²) in [5.74, 6) is 0. The number of hydrogen-bond donors (Lipinski definition) is 1. The molecule has 1 atom stereocenters. The first-order chi connectivity index (χ1) is 8.20. The first-order valence-corrected chi connectivity index (χ1v) is 7.40. The Kier molecular flexibility index (Phi) is 4.62. The van der Waals surface area contributed by atoms with E-state index in [1.165, 1.54) is 14.9 Å². The van der Waals surface area contributed by atoms with Gasteiger partial charge in [0.05, 0.1) is 0 Å². The fourth-order valence-electron chi connectivity index (χ4n) is 1.74. The number of benzene rings is 1. The third kappa shape index (κ3) is 3.32. The van der Waals surface area contributed by atoms with Gasteiger partial charge >= 0.3 is 0 Å². The van der Waals surface area contributed by atoms with E-state index >= 15 is 0 Å². The van der Waals surface area contributed by atoms with Crippen molar-refractivity contribution in [1.82, 2.24) is 5.32 Å². The van der Waals surface area contributed by atoms with Gasteiger partial charge in [-0.3, -0.25) is 0 Å². The molecule has 2 rings (SSSR count). The van der Waals surface area contributed by atoms with Crippen LogP contribution in [-0.4, -0.2) is 7.05 Å². The zero-order valence-corrected chi connectivity index (χ0v) is 12.6. The fourth-order valence-corrected chi connectivity index (χ4v) is 3.43. The van der Waals surface area contributed by atoms with Crippen LogP contribution in [0.25, 0.3) is 0 Å². The number of nitrogens with one attached hydrogen (secondary N) is 1. The molecule has 0 aliphatic heterocycles. The van der Waals surface area contributed by atoms with E-state index in [0.29, 0.717) is 6.04 Å². The van der Waals surface area contributed by atoms with Crippen LogP contribution >= 0.6 is 38.9 Å². The van der Waals surface area contributed by atoms with Gasteiger partial charge in [0.25, 0.3) is 0 Å². The zero-order valence-electron chi connectivity index (χ0n) is 9.41. The predicted octanol–water partition coefficient (Wildman–Crippen LogP) is 4.67. The van der Waals surface area contributed by atoms with Crippen LogP contribution in [0.15, 0.2) is 40.2 Å². The van der Waals surface area contributed by atoms with Crippen LogP contribution in [0.5, 0.6) is 0 Å². The zero-order chi connectivity index (χ0) is 12.3. The van der Waals surface area contributed by atoms with E-state index in [1.807, 2.05) is 19.2 Å². The molecule has 4 heteroatoms. The Labute approximate surface area is 119 Å². The van der Waals surface area contributed by atoms with Crippen molar-refractivity contribution in [3.8, 4) is 0 Å². The van der Waals surface area contributed by atoms with Crippen molar-refractivity contribution in [2.45, 2.75) is 12.5 Å². The largest absolute Gasteiger partial charge is 0.313 e. The third-order valence-corrected chi connectivity index (χ3v) is 4.90. The van der Waals surface area contributed by atoms with E-state index in [0.717, 1.165) is 11.4 Å². The van der Waals surface area contributed by atoms with Crippen LogP contribution in [0.2, 0.25) is 5.02 Å². The highest BCUT2D eigenvalue weighted by atomic mass is 79.9. The van der Waals surface area contributed by atoms with E-state index in [1.54, 1.807) is 11.3 Å². The molecule has 0 saturated carbocycles. The quantitative estimate of drug-likeness (QED) is 0.859. The highest BCUT2D eigenvalue weighted by Crippen LogP contribution is 2.28. The van der Waals surface area contributed by atoms with Crippen LogP contribution in [0.4, 0.5) is 0 Å². The van der Waals surface area contributed by atoms with E-state index in [-0.39, 0.29) is 0 Å².